The molecule has 0 aliphatic heterocycles. The normalized spacial score (nSPS) is 21.4. The fourth-order valence-electron chi connectivity index (χ4n) is 5.01. The molecule has 3 unspecified atom stereocenters. The van der Waals surface area contributed by atoms with Crippen LogP contribution in [0.4, 0.5) is 9.59 Å². The molecule has 2 aliphatic carbocycles. The number of benzene rings is 2. The molecular formula is C27H33N3O5. The third-order valence-electron chi connectivity index (χ3n) is 6.60. The zero-order valence-corrected chi connectivity index (χ0v) is 20.4. The molecule has 0 saturated heterocycles. The smallest absolute Gasteiger partial charge is 0.407 e. The Morgan fingerprint density at radius 1 is 0.886 bits per heavy atom. The van der Waals surface area contributed by atoms with Gasteiger partial charge in [-0.1, -0.05) is 48.5 Å². The van der Waals surface area contributed by atoms with Crippen LogP contribution < -0.4 is 16.4 Å². The second-order valence-corrected chi connectivity index (χ2v) is 10.2. The third-order valence-corrected chi connectivity index (χ3v) is 6.60. The van der Waals surface area contributed by atoms with Crippen LogP contribution in [0.2, 0.25) is 0 Å². The standard InChI is InChI=1S/C27H33N3O5/c1-27(2,3)35-26(33)30-23-14-16(24(28)31)12-13-22(23)29-25(32)34-15-21-19-10-6-4-8-17(19)18-9-5-7-11-20(18)21/h4-11,16,21-23H,12-15H2,1-3H3,(H2,28,31)(H,29,32)(H,30,33). The van der Waals surface area contributed by atoms with Crippen molar-refractivity contribution in [1.29, 1.82) is 0 Å². The lowest BCUT2D eigenvalue weighted by Gasteiger charge is -2.36. The van der Waals surface area contributed by atoms with Crippen molar-refractivity contribution in [2.75, 3.05) is 6.61 Å². The molecule has 2 aromatic rings. The summed E-state index contributed by atoms with van der Waals surface area (Å²) in [6, 6.07) is 15.4. The second-order valence-electron chi connectivity index (χ2n) is 10.2. The van der Waals surface area contributed by atoms with E-state index in [1.54, 1.807) is 20.8 Å². The van der Waals surface area contributed by atoms with E-state index in [4.69, 9.17) is 15.2 Å². The Balaban J connectivity index is 1.40. The summed E-state index contributed by atoms with van der Waals surface area (Å²) in [7, 11) is 0. The van der Waals surface area contributed by atoms with Gasteiger partial charge in [-0.2, -0.15) is 0 Å². The summed E-state index contributed by atoms with van der Waals surface area (Å²) >= 11 is 0. The number of amides is 3. The van der Waals surface area contributed by atoms with Crippen LogP contribution in [0.3, 0.4) is 0 Å². The van der Waals surface area contributed by atoms with Crippen molar-refractivity contribution in [3.63, 3.8) is 0 Å². The molecule has 2 aliphatic rings. The number of alkyl carbamates (subject to hydrolysis) is 2. The van der Waals surface area contributed by atoms with Crippen molar-refractivity contribution in [3.8, 4) is 11.1 Å². The van der Waals surface area contributed by atoms with Gasteiger partial charge in [0.2, 0.25) is 5.91 Å². The van der Waals surface area contributed by atoms with Crippen molar-refractivity contribution < 1.29 is 23.9 Å². The van der Waals surface area contributed by atoms with E-state index in [0.717, 1.165) is 22.3 Å². The van der Waals surface area contributed by atoms with Gasteiger partial charge in [0, 0.05) is 11.8 Å². The molecule has 4 N–H and O–H groups in total. The molecular weight excluding hydrogens is 446 g/mol. The first-order valence-corrected chi connectivity index (χ1v) is 12.0. The van der Waals surface area contributed by atoms with Gasteiger partial charge in [0.15, 0.2) is 0 Å². The molecule has 0 bridgehead atoms. The quantitative estimate of drug-likeness (QED) is 0.597. The van der Waals surface area contributed by atoms with E-state index in [0.29, 0.717) is 19.3 Å². The minimum atomic E-state index is -0.669. The fraction of sp³-hybridized carbons (Fsp3) is 0.444. The average Bonchev–Trinajstić information content (AvgIpc) is 3.11. The first-order valence-electron chi connectivity index (χ1n) is 12.0. The topological polar surface area (TPSA) is 120 Å². The number of carbonyl (C=O) groups excluding carboxylic acids is 3. The van der Waals surface area contributed by atoms with Gasteiger partial charge in [0.1, 0.15) is 12.2 Å². The van der Waals surface area contributed by atoms with Crippen LogP contribution in [0.1, 0.15) is 57.1 Å². The number of fused-ring (bicyclic) bond motifs is 3. The maximum Gasteiger partial charge on any atom is 0.407 e. The first kappa shape index (κ1) is 24.6. The van der Waals surface area contributed by atoms with E-state index in [9.17, 15) is 14.4 Å². The number of carbonyl (C=O) groups is 3. The summed E-state index contributed by atoms with van der Waals surface area (Å²) in [4.78, 5) is 36.9. The van der Waals surface area contributed by atoms with Crippen LogP contribution in [0.5, 0.6) is 0 Å². The molecule has 1 fully saturated rings. The number of hydrogen-bond donors (Lipinski definition) is 3. The molecule has 8 heteroatoms. The Hall–Kier alpha value is -3.55. The molecule has 35 heavy (non-hydrogen) atoms. The number of rotatable bonds is 5. The number of primary amides is 1. The Kier molecular flexibility index (Phi) is 7.00. The number of nitrogens with two attached hydrogens (primary N) is 1. The van der Waals surface area contributed by atoms with E-state index in [-0.39, 0.29) is 18.4 Å². The van der Waals surface area contributed by atoms with Crippen molar-refractivity contribution in [2.24, 2.45) is 11.7 Å². The zero-order chi connectivity index (χ0) is 25.2. The van der Waals surface area contributed by atoms with Crippen LogP contribution in [-0.4, -0.2) is 42.4 Å². The largest absolute Gasteiger partial charge is 0.449 e. The Labute approximate surface area is 205 Å². The van der Waals surface area contributed by atoms with Crippen LogP contribution in [-0.2, 0) is 14.3 Å². The maximum absolute atomic E-state index is 12.8. The molecule has 0 radical (unpaired) electrons. The fourth-order valence-corrected chi connectivity index (χ4v) is 5.01. The lowest BCUT2D eigenvalue weighted by atomic mass is 9.82. The van der Waals surface area contributed by atoms with Crippen LogP contribution in [0.25, 0.3) is 11.1 Å². The number of ether oxygens (including phenoxy) is 2. The molecule has 3 amide bonds. The van der Waals surface area contributed by atoms with Gasteiger partial charge in [0.25, 0.3) is 0 Å². The van der Waals surface area contributed by atoms with Gasteiger partial charge >= 0.3 is 12.2 Å². The lowest BCUT2D eigenvalue weighted by Crippen LogP contribution is -2.56. The van der Waals surface area contributed by atoms with Crippen molar-refractivity contribution in [1.82, 2.24) is 10.6 Å². The molecule has 186 valence electrons. The zero-order valence-electron chi connectivity index (χ0n) is 20.4. The first-order chi connectivity index (χ1) is 16.6. The van der Waals surface area contributed by atoms with E-state index >= 15 is 0 Å². The number of nitrogens with one attached hydrogen (secondary N) is 2. The second kappa shape index (κ2) is 9.98. The Morgan fingerprint density at radius 2 is 1.46 bits per heavy atom. The Morgan fingerprint density at radius 3 is 2.03 bits per heavy atom. The summed E-state index contributed by atoms with van der Waals surface area (Å²) in [5.74, 6) is -0.842. The van der Waals surface area contributed by atoms with Gasteiger partial charge in [0.05, 0.1) is 12.1 Å². The SMILES string of the molecule is CC(C)(C)OC(=O)NC1CC(C(N)=O)CCC1NC(=O)OCC1c2ccccc2-c2ccccc21. The summed E-state index contributed by atoms with van der Waals surface area (Å²) in [5.41, 5.74) is 9.42. The third kappa shape index (κ3) is 5.75. The molecule has 3 atom stereocenters. The summed E-state index contributed by atoms with van der Waals surface area (Å²) in [5, 5.41) is 5.68. The summed E-state index contributed by atoms with van der Waals surface area (Å²) in [6.07, 6.45) is 0.162. The lowest BCUT2D eigenvalue weighted by molar-refractivity contribution is -0.123. The molecule has 0 heterocycles. The minimum absolute atomic E-state index is 0.0468. The van der Waals surface area contributed by atoms with Crippen molar-refractivity contribution in [2.45, 2.75) is 63.6 Å². The predicted octanol–water partition coefficient (Wildman–Crippen LogP) is 4.07. The monoisotopic (exact) mass is 479 g/mol. The summed E-state index contributed by atoms with van der Waals surface area (Å²) in [6.45, 7) is 5.50. The molecule has 0 aromatic heterocycles. The van der Waals surface area contributed by atoms with Crippen LogP contribution in [0.15, 0.2) is 48.5 Å². The van der Waals surface area contributed by atoms with E-state index < -0.39 is 35.8 Å². The molecule has 1 saturated carbocycles. The van der Waals surface area contributed by atoms with E-state index in [1.807, 2.05) is 24.3 Å². The van der Waals surface area contributed by atoms with Crippen molar-refractivity contribution >= 4 is 18.1 Å². The molecule has 4 rings (SSSR count). The van der Waals surface area contributed by atoms with E-state index in [2.05, 4.69) is 34.9 Å². The van der Waals surface area contributed by atoms with Gasteiger partial charge in [-0.05, 0) is 62.3 Å². The van der Waals surface area contributed by atoms with Gasteiger partial charge < -0.3 is 25.8 Å². The van der Waals surface area contributed by atoms with Gasteiger partial charge in [-0.25, -0.2) is 9.59 Å². The van der Waals surface area contributed by atoms with Gasteiger partial charge in [-0.15, -0.1) is 0 Å². The summed E-state index contributed by atoms with van der Waals surface area (Å²) < 4.78 is 11.0. The number of hydrogen-bond acceptors (Lipinski definition) is 5. The van der Waals surface area contributed by atoms with Crippen molar-refractivity contribution in [3.05, 3.63) is 59.7 Å². The van der Waals surface area contributed by atoms with E-state index in [1.165, 1.54) is 0 Å². The van der Waals surface area contributed by atoms with Crippen LogP contribution >= 0.6 is 0 Å². The molecule has 2 aromatic carbocycles. The highest BCUT2D eigenvalue weighted by atomic mass is 16.6. The average molecular weight is 480 g/mol. The van der Waals surface area contributed by atoms with Gasteiger partial charge in [-0.3, -0.25) is 4.79 Å². The maximum atomic E-state index is 12.8. The predicted molar refractivity (Wildman–Crippen MR) is 132 cm³/mol. The molecule has 8 nitrogen and oxygen atoms in total. The Bertz CT molecular complexity index is 1060. The highest BCUT2D eigenvalue weighted by molar-refractivity contribution is 5.79. The minimum Gasteiger partial charge on any atom is -0.449 e. The highest BCUT2D eigenvalue weighted by Gasteiger charge is 2.36. The molecule has 0 spiro atoms. The van der Waals surface area contributed by atoms with Crippen LogP contribution in [0, 0.1) is 5.92 Å². The highest BCUT2D eigenvalue weighted by Crippen LogP contribution is 2.44.